The molecule has 0 spiro atoms. The Morgan fingerprint density at radius 2 is 2.21 bits per heavy atom. The van der Waals surface area contributed by atoms with Crippen molar-refractivity contribution in [3.05, 3.63) is 0 Å². The van der Waals surface area contributed by atoms with E-state index in [9.17, 15) is 9.90 Å². The standard InChI is InChI=1S/C10H17NO3/c1-11-6-3-4-7(11)9(8(12)5-6)10(13)14-2/h6-9,12H,3-5H2,1-2H3/t6-,7-,8+,9?/m1/s1. The fraction of sp³-hybridized carbons (Fsp3) is 0.900. The van der Waals surface area contributed by atoms with Gasteiger partial charge in [-0.1, -0.05) is 0 Å². The monoisotopic (exact) mass is 199 g/mol. The summed E-state index contributed by atoms with van der Waals surface area (Å²) in [6, 6.07) is 0.632. The van der Waals surface area contributed by atoms with Gasteiger partial charge in [0.05, 0.1) is 19.1 Å². The number of methoxy groups -OCH3 is 1. The van der Waals surface area contributed by atoms with E-state index < -0.39 is 6.10 Å². The molecule has 0 aliphatic carbocycles. The summed E-state index contributed by atoms with van der Waals surface area (Å²) in [5.74, 6) is -0.613. The first-order valence-electron chi connectivity index (χ1n) is 5.13. The van der Waals surface area contributed by atoms with E-state index in [-0.39, 0.29) is 17.9 Å². The molecule has 2 fully saturated rings. The molecule has 0 amide bonds. The molecule has 2 aliphatic heterocycles. The number of esters is 1. The van der Waals surface area contributed by atoms with Crippen LogP contribution < -0.4 is 0 Å². The number of carbonyl (C=O) groups excluding carboxylic acids is 1. The van der Waals surface area contributed by atoms with Crippen molar-refractivity contribution in [2.75, 3.05) is 14.2 Å². The van der Waals surface area contributed by atoms with Gasteiger partial charge < -0.3 is 9.84 Å². The lowest BCUT2D eigenvalue weighted by atomic mass is 9.88. The van der Waals surface area contributed by atoms with E-state index in [1.165, 1.54) is 7.11 Å². The zero-order valence-corrected chi connectivity index (χ0v) is 8.64. The van der Waals surface area contributed by atoms with E-state index in [4.69, 9.17) is 4.74 Å². The number of ether oxygens (including phenoxy) is 1. The molecule has 0 aromatic rings. The second kappa shape index (κ2) is 3.51. The molecule has 1 unspecified atom stereocenters. The molecule has 0 aromatic heterocycles. The van der Waals surface area contributed by atoms with E-state index in [1.54, 1.807) is 0 Å². The predicted octanol–water partition coefficient (Wildman–Crippen LogP) is 0.00300. The summed E-state index contributed by atoms with van der Waals surface area (Å²) < 4.78 is 4.73. The number of piperidine rings is 1. The molecule has 80 valence electrons. The highest BCUT2D eigenvalue weighted by molar-refractivity contribution is 5.74. The van der Waals surface area contributed by atoms with Crippen LogP contribution in [0.3, 0.4) is 0 Å². The van der Waals surface area contributed by atoms with Crippen LogP contribution in [0.4, 0.5) is 0 Å². The average Bonchev–Trinajstić information content (AvgIpc) is 2.42. The van der Waals surface area contributed by atoms with Crippen molar-refractivity contribution >= 4 is 5.97 Å². The average molecular weight is 199 g/mol. The minimum atomic E-state index is -0.517. The van der Waals surface area contributed by atoms with E-state index in [2.05, 4.69) is 4.90 Å². The zero-order chi connectivity index (χ0) is 10.3. The molecule has 0 radical (unpaired) electrons. The predicted molar refractivity (Wildman–Crippen MR) is 50.7 cm³/mol. The first-order chi connectivity index (χ1) is 6.65. The maximum atomic E-state index is 11.5. The van der Waals surface area contributed by atoms with Crippen molar-refractivity contribution in [1.29, 1.82) is 0 Å². The van der Waals surface area contributed by atoms with Crippen molar-refractivity contribution in [1.82, 2.24) is 4.90 Å². The summed E-state index contributed by atoms with van der Waals surface area (Å²) in [7, 11) is 3.42. The molecule has 2 bridgehead atoms. The Morgan fingerprint density at radius 1 is 1.50 bits per heavy atom. The molecule has 2 heterocycles. The van der Waals surface area contributed by atoms with E-state index >= 15 is 0 Å². The summed E-state index contributed by atoms with van der Waals surface area (Å²) in [5.41, 5.74) is 0. The Morgan fingerprint density at radius 3 is 2.86 bits per heavy atom. The number of hydrogen-bond donors (Lipinski definition) is 1. The molecule has 2 saturated heterocycles. The summed E-state index contributed by atoms with van der Waals surface area (Å²) in [6.45, 7) is 0. The molecule has 2 rings (SSSR count). The van der Waals surface area contributed by atoms with Crippen molar-refractivity contribution in [3.8, 4) is 0 Å². The van der Waals surface area contributed by atoms with E-state index in [0.29, 0.717) is 12.5 Å². The van der Waals surface area contributed by atoms with Crippen LogP contribution >= 0.6 is 0 Å². The van der Waals surface area contributed by atoms with Crippen molar-refractivity contribution in [2.24, 2.45) is 5.92 Å². The van der Waals surface area contributed by atoms with Gasteiger partial charge in [-0.2, -0.15) is 0 Å². The second-order valence-electron chi connectivity index (χ2n) is 4.32. The fourth-order valence-corrected chi connectivity index (χ4v) is 2.89. The van der Waals surface area contributed by atoms with Crippen LogP contribution in [-0.4, -0.2) is 48.3 Å². The summed E-state index contributed by atoms with van der Waals surface area (Å²) in [4.78, 5) is 13.7. The molecule has 4 heteroatoms. The third kappa shape index (κ3) is 1.33. The van der Waals surface area contributed by atoms with Crippen LogP contribution in [0.25, 0.3) is 0 Å². The maximum absolute atomic E-state index is 11.5. The first kappa shape index (κ1) is 9.93. The molecule has 0 saturated carbocycles. The van der Waals surface area contributed by atoms with Gasteiger partial charge in [-0.05, 0) is 26.3 Å². The smallest absolute Gasteiger partial charge is 0.312 e. The zero-order valence-electron chi connectivity index (χ0n) is 8.64. The number of fused-ring (bicyclic) bond motifs is 2. The van der Waals surface area contributed by atoms with Crippen LogP contribution in [0.15, 0.2) is 0 Å². The lowest BCUT2D eigenvalue weighted by Gasteiger charge is -2.39. The minimum absolute atomic E-state index is 0.177. The number of nitrogens with zero attached hydrogens (tertiary/aromatic N) is 1. The molecule has 1 N–H and O–H groups in total. The van der Waals surface area contributed by atoms with Crippen molar-refractivity contribution in [3.63, 3.8) is 0 Å². The molecular weight excluding hydrogens is 182 g/mol. The quantitative estimate of drug-likeness (QED) is 0.604. The lowest BCUT2D eigenvalue weighted by Crippen LogP contribution is -2.52. The summed E-state index contributed by atoms with van der Waals surface area (Å²) in [6.07, 6.45) is 2.27. The normalized spacial score (nSPS) is 42.5. The van der Waals surface area contributed by atoms with Gasteiger partial charge in [-0.3, -0.25) is 9.69 Å². The van der Waals surface area contributed by atoms with E-state index in [1.807, 2.05) is 7.05 Å². The Balaban J connectivity index is 2.18. The Labute approximate surface area is 83.8 Å². The molecular formula is C10H17NO3. The van der Waals surface area contributed by atoms with Gasteiger partial charge >= 0.3 is 5.97 Å². The van der Waals surface area contributed by atoms with Gasteiger partial charge in [0.2, 0.25) is 0 Å². The highest BCUT2D eigenvalue weighted by Gasteiger charge is 2.48. The van der Waals surface area contributed by atoms with Gasteiger partial charge in [0, 0.05) is 12.1 Å². The molecule has 2 aliphatic rings. The number of aliphatic hydroxyl groups excluding tert-OH is 1. The SMILES string of the molecule is COC(=O)C1[C@H]2CC[C@H](C[C@@H]1O)N2C. The molecule has 4 atom stereocenters. The van der Waals surface area contributed by atoms with Gasteiger partial charge in [0.15, 0.2) is 0 Å². The third-order valence-corrected chi connectivity index (χ3v) is 3.71. The summed E-state index contributed by atoms with van der Waals surface area (Å²) >= 11 is 0. The van der Waals surface area contributed by atoms with Gasteiger partial charge in [-0.25, -0.2) is 0 Å². The Kier molecular flexibility index (Phi) is 2.49. The van der Waals surface area contributed by atoms with Crippen LogP contribution in [0, 0.1) is 5.92 Å². The first-order valence-corrected chi connectivity index (χ1v) is 5.13. The van der Waals surface area contributed by atoms with Crippen molar-refractivity contribution < 1.29 is 14.6 Å². The number of hydrogen-bond acceptors (Lipinski definition) is 4. The van der Waals surface area contributed by atoms with E-state index in [0.717, 1.165) is 12.8 Å². The van der Waals surface area contributed by atoms with Crippen LogP contribution in [0.1, 0.15) is 19.3 Å². The molecule has 4 nitrogen and oxygen atoms in total. The largest absolute Gasteiger partial charge is 0.469 e. The van der Waals surface area contributed by atoms with Gasteiger partial charge in [0.25, 0.3) is 0 Å². The Bertz CT molecular complexity index is 244. The van der Waals surface area contributed by atoms with Crippen LogP contribution in [0.5, 0.6) is 0 Å². The number of aliphatic hydroxyl groups is 1. The van der Waals surface area contributed by atoms with Gasteiger partial charge in [-0.15, -0.1) is 0 Å². The van der Waals surface area contributed by atoms with Crippen LogP contribution in [-0.2, 0) is 9.53 Å². The second-order valence-corrected chi connectivity index (χ2v) is 4.32. The topological polar surface area (TPSA) is 49.8 Å². The maximum Gasteiger partial charge on any atom is 0.312 e. The Hall–Kier alpha value is -0.610. The third-order valence-electron chi connectivity index (χ3n) is 3.71. The highest BCUT2D eigenvalue weighted by Crippen LogP contribution is 2.38. The van der Waals surface area contributed by atoms with Crippen LogP contribution in [0.2, 0.25) is 0 Å². The van der Waals surface area contributed by atoms with Crippen molar-refractivity contribution in [2.45, 2.75) is 37.5 Å². The molecule has 14 heavy (non-hydrogen) atoms. The fourth-order valence-electron chi connectivity index (χ4n) is 2.89. The number of rotatable bonds is 1. The highest BCUT2D eigenvalue weighted by atomic mass is 16.5. The number of carbonyl (C=O) groups is 1. The minimum Gasteiger partial charge on any atom is -0.469 e. The van der Waals surface area contributed by atoms with Gasteiger partial charge in [0.1, 0.15) is 0 Å². The molecule has 0 aromatic carbocycles. The lowest BCUT2D eigenvalue weighted by molar-refractivity contribution is -0.155. The summed E-state index contributed by atoms with van der Waals surface area (Å²) in [5, 5.41) is 9.84.